The van der Waals surface area contributed by atoms with Crippen LogP contribution in [0.5, 0.6) is 5.75 Å². The molecule has 2 aromatic carbocycles. The van der Waals surface area contributed by atoms with Gasteiger partial charge in [0.05, 0.1) is 12.1 Å². The number of hydrazine groups is 1. The molecule has 0 aromatic heterocycles. The molecule has 2 aromatic rings. The summed E-state index contributed by atoms with van der Waals surface area (Å²) in [5.41, 5.74) is 4.32. The number of hydrogen-bond acceptors (Lipinski definition) is 3. The quantitative estimate of drug-likeness (QED) is 0.633. The molecule has 3 nitrogen and oxygen atoms in total. The molecule has 0 bridgehead atoms. The van der Waals surface area contributed by atoms with Gasteiger partial charge in [-0.3, -0.25) is 5.84 Å². The van der Waals surface area contributed by atoms with Crippen molar-refractivity contribution in [1.82, 2.24) is 5.43 Å². The highest BCUT2D eigenvalue weighted by molar-refractivity contribution is 9.10. The third-order valence-corrected chi connectivity index (χ3v) is 3.75. The maximum Gasteiger partial charge on any atom is 0.124 e. The van der Waals surface area contributed by atoms with E-state index < -0.39 is 0 Å². The van der Waals surface area contributed by atoms with E-state index in [1.807, 2.05) is 38.1 Å². The minimum absolute atomic E-state index is 0.0422. The Bertz CT molecular complexity index is 619. The van der Waals surface area contributed by atoms with Crippen molar-refractivity contribution in [3.05, 3.63) is 63.9 Å². The molecule has 0 saturated heterocycles. The van der Waals surface area contributed by atoms with Crippen molar-refractivity contribution in [3.63, 3.8) is 0 Å². The molecule has 0 amide bonds. The van der Waals surface area contributed by atoms with E-state index in [9.17, 15) is 4.39 Å². The van der Waals surface area contributed by atoms with Gasteiger partial charge in [-0.05, 0) is 43.7 Å². The van der Waals surface area contributed by atoms with Gasteiger partial charge in [0, 0.05) is 10.0 Å². The van der Waals surface area contributed by atoms with E-state index in [1.54, 1.807) is 6.07 Å². The third-order valence-electron chi connectivity index (χ3n) is 3.03. The fraction of sp³-hybridized carbons (Fsp3) is 0.250. The van der Waals surface area contributed by atoms with Crippen molar-refractivity contribution in [2.24, 2.45) is 5.84 Å². The number of rotatable bonds is 5. The van der Waals surface area contributed by atoms with Crippen LogP contribution in [0.2, 0.25) is 0 Å². The average Bonchev–Trinajstić information content (AvgIpc) is 2.44. The Morgan fingerprint density at radius 2 is 1.86 bits per heavy atom. The number of nitrogens with one attached hydrogen (secondary N) is 1. The predicted molar refractivity (Wildman–Crippen MR) is 85.5 cm³/mol. The van der Waals surface area contributed by atoms with Crippen LogP contribution in [0.15, 0.2) is 46.9 Å². The summed E-state index contributed by atoms with van der Waals surface area (Å²) in [5, 5.41) is 0. The first-order chi connectivity index (χ1) is 10.0. The van der Waals surface area contributed by atoms with Crippen molar-refractivity contribution < 1.29 is 9.13 Å². The van der Waals surface area contributed by atoms with Gasteiger partial charge in [-0.1, -0.05) is 34.1 Å². The number of ether oxygens (including phenoxy) is 1. The van der Waals surface area contributed by atoms with Gasteiger partial charge in [0.15, 0.2) is 0 Å². The molecule has 0 radical (unpaired) electrons. The van der Waals surface area contributed by atoms with Crippen LogP contribution in [0, 0.1) is 5.82 Å². The summed E-state index contributed by atoms with van der Waals surface area (Å²) in [5.74, 6) is 6.13. The van der Waals surface area contributed by atoms with Crippen molar-refractivity contribution in [2.45, 2.75) is 26.0 Å². The van der Waals surface area contributed by atoms with Gasteiger partial charge in [-0.2, -0.15) is 0 Å². The second kappa shape index (κ2) is 7.02. The zero-order chi connectivity index (χ0) is 15.4. The molecular formula is C16H18BrFN2O. The van der Waals surface area contributed by atoms with E-state index in [0.717, 1.165) is 21.3 Å². The maximum atomic E-state index is 13.5. The maximum absolute atomic E-state index is 13.5. The largest absolute Gasteiger partial charge is 0.491 e. The van der Waals surface area contributed by atoms with Crippen LogP contribution in [0.1, 0.15) is 31.0 Å². The first kappa shape index (κ1) is 15.9. The van der Waals surface area contributed by atoms with Crippen LogP contribution >= 0.6 is 15.9 Å². The molecular weight excluding hydrogens is 335 g/mol. The number of nitrogens with two attached hydrogens (primary N) is 1. The van der Waals surface area contributed by atoms with Crippen molar-refractivity contribution >= 4 is 15.9 Å². The third kappa shape index (κ3) is 3.81. The highest BCUT2D eigenvalue weighted by Gasteiger charge is 2.20. The molecule has 0 fully saturated rings. The first-order valence-corrected chi connectivity index (χ1v) is 7.49. The normalized spacial score (nSPS) is 12.5. The number of benzene rings is 2. The Morgan fingerprint density at radius 3 is 2.52 bits per heavy atom. The molecule has 0 heterocycles. The van der Waals surface area contributed by atoms with Gasteiger partial charge in [-0.15, -0.1) is 0 Å². The topological polar surface area (TPSA) is 47.3 Å². The minimum atomic E-state index is -0.370. The molecule has 0 aliphatic heterocycles. The lowest BCUT2D eigenvalue weighted by Crippen LogP contribution is -2.29. The van der Waals surface area contributed by atoms with Gasteiger partial charge < -0.3 is 4.74 Å². The highest BCUT2D eigenvalue weighted by atomic mass is 79.9. The Hall–Kier alpha value is -1.43. The smallest absolute Gasteiger partial charge is 0.124 e. The van der Waals surface area contributed by atoms with E-state index in [-0.39, 0.29) is 18.0 Å². The van der Waals surface area contributed by atoms with Crippen LogP contribution in [0.4, 0.5) is 4.39 Å². The molecule has 112 valence electrons. The van der Waals surface area contributed by atoms with Crippen LogP contribution in [-0.4, -0.2) is 6.10 Å². The fourth-order valence-electron chi connectivity index (χ4n) is 2.16. The molecule has 3 N–H and O–H groups in total. The SMILES string of the molecule is CC(C)Oc1ccccc1C(NN)c1cc(F)ccc1Br. The molecule has 21 heavy (non-hydrogen) atoms. The molecule has 0 saturated carbocycles. The van der Waals surface area contributed by atoms with E-state index in [0.29, 0.717) is 0 Å². The van der Waals surface area contributed by atoms with E-state index in [2.05, 4.69) is 21.4 Å². The molecule has 2 rings (SSSR count). The molecule has 0 aliphatic carbocycles. The molecule has 1 atom stereocenters. The van der Waals surface area contributed by atoms with Crippen molar-refractivity contribution in [2.75, 3.05) is 0 Å². The Kier molecular flexibility index (Phi) is 5.33. The summed E-state index contributed by atoms with van der Waals surface area (Å²) in [6.45, 7) is 3.92. The van der Waals surface area contributed by atoms with E-state index >= 15 is 0 Å². The summed E-state index contributed by atoms with van der Waals surface area (Å²) in [6, 6.07) is 11.8. The van der Waals surface area contributed by atoms with Gasteiger partial charge in [0.1, 0.15) is 11.6 Å². The Balaban J connectivity index is 2.49. The summed E-state index contributed by atoms with van der Waals surface area (Å²) < 4.78 is 20.1. The summed E-state index contributed by atoms with van der Waals surface area (Å²) >= 11 is 3.44. The van der Waals surface area contributed by atoms with Crippen LogP contribution in [0.25, 0.3) is 0 Å². The van der Waals surface area contributed by atoms with Gasteiger partial charge in [-0.25, -0.2) is 9.82 Å². The van der Waals surface area contributed by atoms with Crippen molar-refractivity contribution in [1.29, 1.82) is 0 Å². The Morgan fingerprint density at radius 1 is 1.14 bits per heavy atom. The number of para-hydroxylation sites is 1. The van der Waals surface area contributed by atoms with Crippen LogP contribution < -0.4 is 16.0 Å². The van der Waals surface area contributed by atoms with Crippen LogP contribution in [0.3, 0.4) is 0 Å². The molecule has 1 unspecified atom stereocenters. The number of hydrogen-bond donors (Lipinski definition) is 2. The molecule has 0 aliphatic rings. The highest BCUT2D eigenvalue weighted by Crippen LogP contribution is 2.34. The lowest BCUT2D eigenvalue weighted by Gasteiger charge is -2.22. The lowest BCUT2D eigenvalue weighted by molar-refractivity contribution is 0.238. The average molecular weight is 353 g/mol. The fourth-order valence-corrected chi connectivity index (χ4v) is 2.64. The zero-order valence-electron chi connectivity index (χ0n) is 11.9. The van der Waals surface area contributed by atoms with E-state index in [1.165, 1.54) is 12.1 Å². The molecule has 5 heteroatoms. The van der Waals surface area contributed by atoms with Gasteiger partial charge in [0.2, 0.25) is 0 Å². The lowest BCUT2D eigenvalue weighted by atomic mass is 9.98. The monoisotopic (exact) mass is 352 g/mol. The molecule has 0 spiro atoms. The van der Waals surface area contributed by atoms with Gasteiger partial charge >= 0.3 is 0 Å². The summed E-state index contributed by atoms with van der Waals surface area (Å²) in [4.78, 5) is 0. The van der Waals surface area contributed by atoms with E-state index in [4.69, 9.17) is 10.6 Å². The van der Waals surface area contributed by atoms with Crippen LogP contribution in [-0.2, 0) is 0 Å². The van der Waals surface area contributed by atoms with Crippen molar-refractivity contribution in [3.8, 4) is 5.75 Å². The number of halogens is 2. The standard InChI is InChI=1S/C16H18BrFN2O/c1-10(2)21-15-6-4-3-5-12(15)16(20-19)13-9-11(18)7-8-14(13)17/h3-10,16,20H,19H2,1-2H3. The minimum Gasteiger partial charge on any atom is -0.491 e. The van der Waals surface area contributed by atoms with Gasteiger partial charge in [0.25, 0.3) is 0 Å². The summed E-state index contributed by atoms with van der Waals surface area (Å²) in [6.07, 6.45) is 0.0422. The Labute approximate surface area is 132 Å². The second-order valence-corrected chi connectivity index (χ2v) is 5.82. The summed E-state index contributed by atoms with van der Waals surface area (Å²) in [7, 11) is 0. The second-order valence-electron chi connectivity index (χ2n) is 4.97. The predicted octanol–water partition coefficient (Wildman–Crippen LogP) is 3.93. The zero-order valence-corrected chi connectivity index (χ0v) is 13.5. The first-order valence-electron chi connectivity index (χ1n) is 6.69.